The second kappa shape index (κ2) is 6.41. The van der Waals surface area contributed by atoms with Crippen LogP contribution in [0.4, 0.5) is 5.69 Å². The van der Waals surface area contributed by atoms with Crippen molar-refractivity contribution in [3.05, 3.63) is 26.2 Å². The number of hydrogen-bond donors (Lipinski definition) is 1. The van der Waals surface area contributed by atoms with Crippen LogP contribution in [-0.2, 0) is 0 Å². The molecule has 1 saturated carbocycles. The van der Waals surface area contributed by atoms with Crippen LogP contribution in [0.1, 0.15) is 39.0 Å². The highest BCUT2D eigenvalue weighted by molar-refractivity contribution is 14.1. The third-order valence-corrected chi connectivity index (χ3v) is 5.10. The molecule has 1 aromatic carbocycles. The Kier molecular flexibility index (Phi) is 5.15. The molecule has 0 bridgehead atoms. The van der Waals surface area contributed by atoms with Gasteiger partial charge in [0.05, 0.1) is 0 Å². The van der Waals surface area contributed by atoms with E-state index in [1.165, 1.54) is 41.4 Å². The molecule has 0 saturated heterocycles. The minimum Gasteiger partial charge on any atom is -0.381 e. The lowest BCUT2D eigenvalue weighted by molar-refractivity contribution is 0.328. The Labute approximate surface area is 126 Å². The number of nitrogens with one attached hydrogen (secondary N) is 1. The van der Waals surface area contributed by atoms with Gasteiger partial charge in [-0.15, -0.1) is 0 Å². The van der Waals surface area contributed by atoms with Gasteiger partial charge in [-0.3, -0.25) is 0 Å². The molecule has 1 unspecified atom stereocenters. The molecule has 1 atom stereocenters. The fraction of sp³-hybridized carbons (Fsp3) is 0.571. The molecular weight excluding hydrogens is 389 g/mol. The van der Waals surface area contributed by atoms with Gasteiger partial charge in [0.1, 0.15) is 0 Å². The first-order valence-electron chi connectivity index (χ1n) is 6.38. The van der Waals surface area contributed by atoms with Crippen LogP contribution in [0, 0.1) is 9.49 Å². The fourth-order valence-corrected chi connectivity index (χ4v) is 3.46. The van der Waals surface area contributed by atoms with E-state index >= 15 is 0 Å². The van der Waals surface area contributed by atoms with Crippen LogP contribution in [0.15, 0.2) is 22.7 Å². The Morgan fingerprint density at radius 3 is 2.71 bits per heavy atom. The van der Waals surface area contributed by atoms with Crippen LogP contribution in [0.3, 0.4) is 0 Å². The SMILES string of the molecule is CC(Nc1cc(Br)ccc1I)C1CCCCC1. The molecule has 1 aromatic rings. The van der Waals surface area contributed by atoms with Crippen LogP contribution in [0.25, 0.3) is 0 Å². The van der Waals surface area contributed by atoms with E-state index in [2.05, 4.69) is 69.0 Å². The molecular formula is C14H19BrIN. The first-order chi connectivity index (χ1) is 8.16. The lowest BCUT2D eigenvalue weighted by atomic mass is 9.84. The molecule has 0 aromatic heterocycles. The van der Waals surface area contributed by atoms with Crippen molar-refractivity contribution in [2.75, 3.05) is 5.32 Å². The molecule has 1 aliphatic rings. The van der Waals surface area contributed by atoms with Gasteiger partial charge in [-0.2, -0.15) is 0 Å². The lowest BCUT2D eigenvalue weighted by Gasteiger charge is -2.29. The quantitative estimate of drug-likeness (QED) is 0.658. The van der Waals surface area contributed by atoms with Crippen LogP contribution < -0.4 is 5.32 Å². The average Bonchev–Trinajstić information content (AvgIpc) is 2.35. The van der Waals surface area contributed by atoms with Crippen molar-refractivity contribution in [1.82, 2.24) is 0 Å². The summed E-state index contributed by atoms with van der Waals surface area (Å²) in [4.78, 5) is 0. The van der Waals surface area contributed by atoms with Gasteiger partial charge in [0, 0.05) is 19.8 Å². The van der Waals surface area contributed by atoms with Gasteiger partial charge in [0.25, 0.3) is 0 Å². The van der Waals surface area contributed by atoms with E-state index < -0.39 is 0 Å². The molecule has 0 aliphatic heterocycles. The maximum absolute atomic E-state index is 3.68. The number of anilines is 1. The van der Waals surface area contributed by atoms with E-state index in [-0.39, 0.29) is 0 Å². The first kappa shape index (κ1) is 13.7. The van der Waals surface area contributed by atoms with Crippen molar-refractivity contribution in [2.24, 2.45) is 5.92 Å². The topological polar surface area (TPSA) is 12.0 Å². The Balaban J connectivity index is 2.01. The van der Waals surface area contributed by atoms with E-state index in [9.17, 15) is 0 Å². The smallest absolute Gasteiger partial charge is 0.0489 e. The van der Waals surface area contributed by atoms with Gasteiger partial charge in [0.2, 0.25) is 0 Å². The zero-order chi connectivity index (χ0) is 12.3. The van der Waals surface area contributed by atoms with E-state index in [0.29, 0.717) is 6.04 Å². The van der Waals surface area contributed by atoms with Gasteiger partial charge in [0.15, 0.2) is 0 Å². The van der Waals surface area contributed by atoms with Crippen molar-refractivity contribution in [3.63, 3.8) is 0 Å². The Bertz CT molecular complexity index is 374. The fourth-order valence-electron chi connectivity index (χ4n) is 2.61. The summed E-state index contributed by atoms with van der Waals surface area (Å²) >= 11 is 5.94. The lowest BCUT2D eigenvalue weighted by Crippen LogP contribution is -2.27. The summed E-state index contributed by atoms with van der Waals surface area (Å²) in [5.74, 6) is 0.846. The summed E-state index contributed by atoms with van der Waals surface area (Å²) < 4.78 is 2.45. The van der Waals surface area contributed by atoms with Gasteiger partial charge >= 0.3 is 0 Å². The van der Waals surface area contributed by atoms with Crippen LogP contribution >= 0.6 is 38.5 Å². The highest BCUT2D eigenvalue weighted by Gasteiger charge is 2.20. The Morgan fingerprint density at radius 2 is 2.00 bits per heavy atom. The monoisotopic (exact) mass is 407 g/mol. The van der Waals surface area contributed by atoms with Crippen LogP contribution in [-0.4, -0.2) is 6.04 Å². The summed E-state index contributed by atoms with van der Waals surface area (Å²) in [7, 11) is 0. The molecule has 1 nitrogen and oxygen atoms in total. The number of hydrogen-bond acceptors (Lipinski definition) is 1. The van der Waals surface area contributed by atoms with Gasteiger partial charge < -0.3 is 5.32 Å². The zero-order valence-corrected chi connectivity index (χ0v) is 13.9. The standard InChI is InChI=1S/C14H19BrIN/c1-10(11-5-3-2-4-6-11)17-14-9-12(15)7-8-13(14)16/h7-11,17H,2-6H2,1H3. The molecule has 94 valence electrons. The molecule has 1 N–H and O–H groups in total. The highest BCUT2D eigenvalue weighted by atomic mass is 127. The Morgan fingerprint density at radius 1 is 1.29 bits per heavy atom. The maximum Gasteiger partial charge on any atom is 0.0489 e. The summed E-state index contributed by atoms with van der Waals surface area (Å²) in [6, 6.07) is 7.01. The zero-order valence-electron chi connectivity index (χ0n) is 10.2. The molecule has 2 rings (SSSR count). The number of halogens is 2. The minimum atomic E-state index is 0.582. The molecule has 3 heteroatoms. The Hall–Kier alpha value is 0.230. The van der Waals surface area contributed by atoms with Gasteiger partial charge in [-0.25, -0.2) is 0 Å². The van der Waals surface area contributed by atoms with Crippen LogP contribution in [0.5, 0.6) is 0 Å². The summed E-state index contributed by atoms with van der Waals surface area (Å²) in [5, 5.41) is 3.68. The van der Waals surface area contributed by atoms with E-state index in [1.807, 2.05) is 0 Å². The molecule has 0 heterocycles. The molecule has 17 heavy (non-hydrogen) atoms. The van der Waals surface area contributed by atoms with Crippen LogP contribution in [0.2, 0.25) is 0 Å². The number of rotatable bonds is 3. The average molecular weight is 408 g/mol. The van der Waals surface area contributed by atoms with Crippen molar-refractivity contribution in [1.29, 1.82) is 0 Å². The predicted molar refractivity (Wildman–Crippen MR) is 86.5 cm³/mol. The summed E-state index contributed by atoms with van der Waals surface area (Å²) in [6.07, 6.45) is 7.02. The van der Waals surface area contributed by atoms with Gasteiger partial charge in [-0.1, -0.05) is 35.2 Å². The third-order valence-electron chi connectivity index (χ3n) is 3.67. The first-order valence-corrected chi connectivity index (χ1v) is 8.25. The largest absolute Gasteiger partial charge is 0.381 e. The molecule has 0 radical (unpaired) electrons. The van der Waals surface area contributed by atoms with Crippen molar-refractivity contribution < 1.29 is 0 Å². The van der Waals surface area contributed by atoms with Crippen molar-refractivity contribution in [3.8, 4) is 0 Å². The molecule has 1 aliphatic carbocycles. The van der Waals surface area contributed by atoms with Crippen molar-refractivity contribution in [2.45, 2.75) is 45.1 Å². The normalized spacial score (nSPS) is 19.0. The summed E-state index contributed by atoms with van der Waals surface area (Å²) in [6.45, 7) is 2.33. The second-order valence-electron chi connectivity index (χ2n) is 4.96. The third kappa shape index (κ3) is 3.85. The van der Waals surface area contributed by atoms with Gasteiger partial charge in [-0.05, 0) is 66.5 Å². The van der Waals surface area contributed by atoms with E-state index in [0.717, 1.165) is 10.4 Å². The molecule has 0 amide bonds. The maximum atomic E-state index is 3.68. The van der Waals surface area contributed by atoms with E-state index in [1.54, 1.807) is 0 Å². The molecule has 0 spiro atoms. The highest BCUT2D eigenvalue weighted by Crippen LogP contribution is 2.30. The van der Waals surface area contributed by atoms with E-state index in [4.69, 9.17) is 0 Å². The predicted octanol–water partition coefficient (Wildman–Crippen LogP) is 5.43. The molecule has 1 fully saturated rings. The van der Waals surface area contributed by atoms with Crippen molar-refractivity contribution >= 4 is 44.2 Å². The second-order valence-corrected chi connectivity index (χ2v) is 7.03. The number of benzene rings is 1. The minimum absolute atomic E-state index is 0.582. The summed E-state index contributed by atoms with van der Waals surface area (Å²) in [5.41, 5.74) is 1.26.